The Hall–Kier alpha value is -1.85. The molecular formula is C53H100O6. The third kappa shape index (κ3) is 47.1. The van der Waals surface area contributed by atoms with Crippen molar-refractivity contribution in [3.63, 3.8) is 0 Å². The van der Waals surface area contributed by atoms with Crippen LogP contribution in [0.4, 0.5) is 0 Å². The van der Waals surface area contributed by atoms with Crippen molar-refractivity contribution < 1.29 is 28.6 Å². The van der Waals surface area contributed by atoms with Crippen LogP contribution >= 0.6 is 0 Å². The first-order valence-electron chi connectivity index (χ1n) is 26.2. The van der Waals surface area contributed by atoms with Crippen LogP contribution in [0, 0.1) is 0 Å². The fraction of sp³-hybridized carbons (Fsp3) is 0.906. The Kier molecular flexibility index (Phi) is 47.3. The third-order valence-electron chi connectivity index (χ3n) is 11.8. The number of hydrogen-bond donors (Lipinski definition) is 0. The van der Waals surface area contributed by atoms with Gasteiger partial charge in [-0.3, -0.25) is 14.4 Å². The zero-order valence-electron chi connectivity index (χ0n) is 39.8. The Balaban J connectivity index is 4.33. The summed E-state index contributed by atoms with van der Waals surface area (Å²) >= 11 is 0. The monoisotopic (exact) mass is 833 g/mol. The molecule has 0 saturated heterocycles. The van der Waals surface area contributed by atoms with E-state index in [4.69, 9.17) is 14.2 Å². The van der Waals surface area contributed by atoms with Gasteiger partial charge in [0.25, 0.3) is 0 Å². The number of hydrogen-bond acceptors (Lipinski definition) is 6. The second-order valence-electron chi connectivity index (χ2n) is 17.8. The zero-order chi connectivity index (χ0) is 43.0. The van der Waals surface area contributed by atoms with Crippen LogP contribution in [0.3, 0.4) is 0 Å². The van der Waals surface area contributed by atoms with E-state index in [-0.39, 0.29) is 31.1 Å². The summed E-state index contributed by atoms with van der Waals surface area (Å²) in [4.78, 5) is 37.9. The fourth-order valence-electron chi connectivity index (χ4n) is 7.79. The van der Waals surface area contributed by atoms with Gasteiger partial charge in [0.2, 0.25) is 0 Å². The highest BCUT2D eigenvalue weighted by Gasteiger charge is 2.19. The van der Waals surface area contributed by atoms with Crippen molar-refractivity contribution in [2.45, 2.75) is 297 Å². The summed E-state index contributed by atoms with van der Waals surface area (Å²) in [7, 11) is 0. The minimum absolute atomic E-state index is 0.0680. The molecule has 1 unspecified atom stereocenters. The van der Waals surface area contributed by atoms with Gasteiger partial charge in [0, 0.05) is 19.3 Å². The second-order valence-corrected chi connectivity index (χ2v) is 17.8. The first-order chi connectivity index (χ1) is 29.0. The summed E-state index contributed by atoms with van der Waals surface area (Å²) in [5, 5.41) is 0. The zero-order valence-corrected chi connectivity index (χ0v) is 39.8. The molecule has 0 bridgehead atoms. The molecule has 0 aliphatic carbocycles. The lowest BCUT2D eigenvalue weighted by Crippen LogP contribution is -2.30. The van der Waals surface area contributed by atoms with Gasteiger partial charge in [-0.1, -0.05) is 238 Å². The van der Waals surface area contributed by atoms with Crippen LogP contribution in [-0.2, 0) is 28.6 Å². The molecule has 6 nitrogen and oxygen atoms in total. The van der Waals surface area contributed by atoms with E-state index in [1.807, 2.05) is 0 Å². The first kappa shape index (κ1) is 57.1. The number of carbonyl (C=O) groups excluding carboxylic acids is 3. The lowest BCUT2D eigenvalue weighted by molar-refractivity contribution is -0.167. The highest BCUT2D eigenvalue weighted by molar-refractivity contribution is 5.71. The van der Waals surface area contributed by atoms with Crippen LogP contribution in [0.5, 0.6) is 0 Å². The van der Waals surface area contributed by atoms with E-state index < -0.39 is 6.10 Å². The van der Waals surface area contributed by atoms with E-state index in [1.165, 1.54) is 186 Å². The third-order valence-corrected chi connectivity index (χ3v) is 11.8. The normalized spacial score (nSPS) is 12.0. The average molecular weight is 833 g/mol. The van der Waals surface area contributed by atoms with Gasteiger partial charge < -0.3 is 14.2 Å². The van der Waals surface area contributed by atoms with Crippen molar-refractivity contribution in [1.82, 2.24) is 0 Å². The Morgan fingerprint density at radius 2 is 0.559 bits per heavy atom. The van der Waals surface area contributed by atoms with E-state index in [9.17, 15) is 14.4 Å². The Morgan fingerprint density at radius 1 is 0.322 bits per heavy atom. The van der Waals surface area contributed by atoms with Crippen LogP contribution in [0.25, 0.3) is 0 Å². The SMILES string of the molecule is CCCCCCC/C=C\CCCCCCCC(=O)OC(COC(=O)CCCCCCCCCCCCCC)COC(=O)CCCCCCCCCCCCCCCCC. The van der Waals surface area contributed by atoms with Crippen molar-refractivity contribution in [1.29, 1.82) is 0 Å². The molecule has 0 aromatic carbocycles. The quantitative estimate of drug-likeness (QED) is 0.0263. The van der Waals surface area contributed by atoms with Crippen LogP contribution in [0.2, 0.25) is 0 Å². The van der Waals surface area contributed by atoms with Crippen LogP contribution < -0.4 is 0 Å². The van der Waals surface area contributed by atoms with Gasteiger partial charge in [0.15, 0.2) is 6.10 Å². The first-order valence-corrected chi connectivity index (χ1v) is 26.2. The summed E-state index contributed by atoms with van der Waals surface area (Å²) in [6.45, 7) is 6.65. The Labute approximate surface area is 367 Å². The van der Waals surface area contributed by atoms with Gasteiger partial charge in [0.1, 0.15) is 13.2 Å². The smallest absolute Gasteiger partial charge is 0.306 e. The van der Waals surface area contributed by atoms with Gasteiger partial charge >= 0.3 is 17.9 Å². The van der Waals surface area contributed by atoms with E-state index in [1.54, 1.807) is 0 Å². The minimum Gasteiger partial charge on any atom is -0.462 e. The predicted molar refractivity (Wildman–Crippen MR) is 252 cm³/mol. The molecule has 0 spiro atoms. The summed E-state index contributed by atoms with van der Waals surface area (Å²) in [6.07, 6.45) is 53.3. The molecular weight excluding hydrogens is 733 g/mol. The topological polar surface area (TPSA) is 78.9 Å². The maximum atomic E-state index is 12.8. The summed E-state index contributed by atoms with van der Waals surface area (Å²) in [5.74, 6) is -0.859. The van der Waals surface area contributed by atoms with Crippen molar-refractivity contribution in [3.8, 4) is 0 Å². The van der Waals surface area contributed by atoms with E-state index in [0.29, 0.717) is 19.3 Å². The minimum atomic E-state index is -0.767. The molecule has 0 aromatic rings. The van der Waals surface area contributed by atoms with Crippen molar-refractivity contribution in [3.05, 3.63) is 12.2 Å². The van der Waals surface area contributed by atoms with E-state index in [2.05, 4.69) is 32.9 Å². The Morgan fingerprint density at radius 3 is 0.847 bits per heavy atom. The summed E-state index contributed by atoms with van der Waals surface area (Å²) < 4.78 is 16.8. The van der Waals surface area contributed by atoms with Crippen LogP contribution in [0.15, 0.2) is 12.2 Å². The number of carbonyl (C=O) groups is 3. The number of allylic oxidation sites excluding steroid dienone is 2. The van der Waals surface area contributed by atoms with Gasteiger partial charge in [-0.05, 0) is 44.9 Å². The van der Waals surface area contributed by atoms with Crippen molar-refractivity contribution in [2.75, 3.05) is 13.2 Å². The molecule has 0 amide bonds. The molecule has 59 heavy (non-hydrogen) atoms. The average Bonchev–Trinajstić information content (AvgIpc) is 3.23. The van der Waals surface area contributed by atoms with Gasteiger partial charge in [-0.25, -0.2) is 0 Å². The number of ether oxygens (including phenoxy) is 3. The molecule has 0 N–H and O–H groups in total. The molecule has 0 aliphatic heterocycles. The predicted octanol–water partition coefficient (Wildman–Crippen LogP) is 17.0. The molecule has 0 radical (unpaired) electrons. The standard InChI is InChI=1S/C53H100O6/c1-4-7-10-13-16-19-22-25-27-29-31-34-37-40-43-46-52(55)58-49-50(48-57-51(54)45-42-39-36-33-30-24-21-18-15-12-9-6-3)59-53(56)47-44-41-38-35-32-28-26-23-20-17-14-11-8-5-2/h23,26,50H,4-22,24-25,27-49H2,1-3H3/b26-23-. The molecule has 0 aliphatic rings. The second kappa shape index (κ2) is 48.8. The Bertz CT molecular complexity index is 916. The lowest BCUT2D eigenvalue weighted by atomic mass is 10.0. The summed E-state index contributed by atoms with van der Waals surface area (Å²) in [5.41, 5.74) is 0. The molecule has 348 valence electrons. The van der Waals surface area contributed by atoms with Crippen LogP contribution in [-0.4, -0.2) is 37.2 Å². The van der Waals surface area contributed by atoms with Crippen molar-refractivity contribution >= 4 is 17.9 Å². The maximum Gasteiger partial charge on any atom is 0.306 e. The number of esters is 3. The van der Waals surface area contributed by atoms with Gasteiger partial charge in [-0.2, -0.15) is 0 Å². The molecule has 1 atom stereocenters. The molecule has 0 heterocycles. The molecule has 0 saturated carbocycles. The van der Waals surface area contributed by atoms with Gasteiger partial charge in [-0.15, -0.1) is 0 Å². The summed E-state index contributed by atoms with van der Waals surface area (Å²) in [6, 6.07) is 0. The molecule has 6 heteroatoms. The lowest BCUT2D eigenvalue weighted by Gasteiger charge is -2.18. The van der Waals surface area contributed by atoms with Crippen LogP contribution in [0.1, 0.15) is 290 Å². The largest absolute Gasteiger partial charge is 0.462 e. The maximum absolute atomic E-state index is 12.8. The van der Waals surface area contributed by atoms with Gasteiger partial charge in [0.05, 0.1) is 0 Å². The van der Waals surface area contributed by atoms with Crippen molar-refractivity contribution in [2.24, 2.45) is 0 Å². The fourth-order valence-corrected chi connectivity index (χ4v) is 7.79. The van der Waals surface area contributed by atoms with E-state index in [0.717, 1.165) is 64.2 Å². The molecule has 0 rings (SSSR count). The highest BCUT2D eigenvalue weighted by atomic mass is 16.6. The van der Waals surface area contributed by atoms with E-state index >= 15 is 0 Å². The molecule has 0 fully saturated rings. The molecule has 0 aromatic heterocycles. The highest BCUT2D eigenvalue weighted by Crippen LogP contribution is 2.16. The number of rotatable bonds is 48. The number of unbranched alkanes of at least 4 members (excludes halogenated alkanes) is 35.